The lowest BCUT2D eigenvalue weighted by atomic mass is 10.0. The molecular weight excluding hydrogens is 490 g/mol. The number of allylic oxidation sites excluding steroid dienone is 1. The predicted molar refractivity (Wildman–Crippen MR) is 150 cm³/mol. The number of nitrogens with one attached hydrogen (secondary N) is 1. The third-order valence-electron chi connectivity index (χ3n) is 6.04. The first-order valence-electron chi connectivity index (χ1n) is 14.7. The number of hydrogen-bond acceptors (Lipinski definition) is 8. The molecule has 0 saturated carbocycles. The van der Waals surface area contributed by atoms with Crippen molar-refractivity contribution in [3.05, 3.63) is 12.2 Å². The van der Waals surface area contributed by atoms with Crippen LogP contribution in [-0.2, 0) is 28.5 Å². The number of aliphatic hydroxyl groups excluding tert-OH is 2. The van der Waals surface area contributed by atoms with Crippen LogP contribution in [0.15, 0.2) is 12.2 Å². The highest BCUT2D eigenvalue weighted by molar-refractivity contribution is 5.77. The normalized spacial score (nSPS) is 13.3. The summed E-state index contributed by atoms with van der Waals surface area (Å²) in [5.41, 5.74) is 0. The average Bonchev–Trinajstić information content (AvgIpc) is 2.92. The van der Waals surface area contributed by atoms with E-state index in [1.165, 1.54) is 64.2 Å². The summed E-state index contributed by atoms with van der Waals surface area (Å²) in [7, 11) is 1.63. The van der Waals surface area contributed by atoms with Gasteiger partial charge in [-0.25, -0.2) is 0 Å². The first-order chi connectivity index (χ1) is 18.7. The summed E-state index contributed by atoms with van der Waals surface area (Å²) in [6.07, 6.45) is 17.8. The van der Waals surface area contributed by atoms with E-state index in [1.54, 1.807) is 13.2 Å². The van der Waals surface area contributed by atoms with E-state index in [2.05, 4.69) is 12.2 Å². The Labute approximate surface area is 231 Å². The van der Waals surface area contributed by atoms with Crippen molar-refractivity contribution in [1.29, 1.82) is 0 Å². The molecule has 38 heavy (non-hydrogen) atoms. The Morgan fingerprint density at radius 2 is 1.21 bits per heavy atom. The van der Waals surface area contributed by atoms with Gasteiger partial charge < -0.3 is 39.2 Å². The number of carbonyl (C=O) groups is 1. The number of methoxy groups -OCH3 is 1. The van der Waals surface area contributed by atoms with Gasteiger partial charge in [-0.3, -0.25) is 4.79 Å². The van der Waals surface area contributed by atoms with Crippen molar-refractivity contribution in [3.8, 4) is 0 Å². The molecule has 0 aromatic carbocycles. The highest BCUT2D eigenvalue weighted by Gasteiger charge is 2.18. The van der Waals surface area contributed by atoms with Crippen LogP contribution in [0.2, 0.25) is 0 Å². The molecule has 0 saturated heterocycles. The van der Waals surface area contributed by atoms with Crippen molar-refractivity contribution in [2.45, 2.75) is 96.1 Å². The minimum absolute atomic E-state index is 0.162. The molecule has 2 atom stereocenters. The van der Waals surface area contributed by atoms with Gasteiger partial charge in [0.15, 0.2) is 0 Å². The molecule has 9 heteroatoms. The second-order valence-electron chi connectivity index (χ2n) is 9.48. The number of ether oxygens (including phenoxy) is 5. The molecule has 0 radical (unpaired) electrons. The Morgan fingerprint density at radius 1 is 0.737 bits per heavy atom. The molecule has 0 aliphatic rings. The molecule has 226 valence electrons. The smallest absolute Gasteiger partial charge is 0.246 e. The number of amides is 1. The van der Waals surface area contributed by atoms with Crippen LogP contribution >= 0.6 is 0 Å². The second-order valence-corrected chi connectivity index (χ2v) is 9.48. The zero-order valence-electron chi connectivity index (χ0n) is 24.2. The molecule has 0 aliphatic carbocycles. The molecule has 0 bridgehead atoms. The highest BCUT2D eigenvalue weighted by atomic mass is 16.6. The van der Waals surface area contributed by atoms with Crippen LogP contribution in [0, 0.1) is 0 Å². The standard InChI is InChI=1S/C29H57NO8/c1-3-4-5-6-7-8-9-10-11-12-13-14-15-16-28(32)27(25-31)30-29(33)26-38-24-23-37-22-21-36-20-19-35-18-17-34-2/h15-16,27-28,31-32H,3-14,17-26H2,1-2H3,(H,30,33)/b16-15+/t27-,28+/m0/s1. The van der Waals surface area contributed by atoms with E-state index in [1.807, 2.05) is 6.08 Å². The van der Waals surface area contributed by atoms with Gasteiger partial charge in [0.1, 0.15) is 6.61 Å². The molecule has 0 aliphatic heterocycles. The summed E-state index contributed by atoms with van der Waals surface area (Å²) in [6, 6.07) is -0.758. The number of unbranched alkanes of at least 4 members (excludes halogenated alkanes) is 11. The van der Waals surface area contributed by atoms with Gasteiger partial charge in [-0.05, 0) is 12.8 Å². The number of carbonyl (C=O) groups excluding carboxylic acids is 1. The molecule has 3 N–H and O–H groups in total. The number of rotatable bonds is 30. The Bertz CT molecular complexity index is 521. The van der Waals surface area contributed by atoms with Gasteiger partial charge >= 0.3 is 0 Å². The Hall–Kier alpha value is -1.07. The number of aliphatic hydroxyl groups is 2. The lowest BCUT2D eigenvalue weighted by Gasteiger charge is -2.19. The van der Waals surface area contributed by atoms with E-state index in [4.69, 9.17) is 23.7 Å². The summed E-state index contributed by atoms with van der Waals surface area (Å²) >= 11 is 0. The Morgan fingerprint density at radius 3 is 1.71 bits per heavy atom. The van der Waals surface area contributed by atoms with E-state index in [9.17, 15) is 15.0 Å². The first kappa shape index (κ1) is 36.9. The molecule has 1 amide bonds. The Kier molecular flexibility index (Phi) is 29.6. The molecule has 0 heterocycles. The molecule has 0 rings (SSSR count). The fourth-order valence-corrected chi connectivity index (χ4v) is 3.75. The van der Waals surface area contributed by atoms with Crippen LogP contribution in [0.25, 0.3) is 0 Å². The lowest BCUT2D eigenvalue weighted by Crippen LogP contribution is -2.46. The highest BCUT2D eigenvalue weighted by Crippen LogP contribution is 2.12. The molecule has 9 nitrogen and oxygen atoms in total. The van der Waals surface area contributed by atoms with E-state index in [-0.39, 0.29) is 19.8 Å². The molecule has 0 aromatic rings. The van der Waals surface area contributed by atoms with Gasteiger partial charge in [-0.2, -0.15) is 0 Å². The van der Waals surface area contributed by atoms with E-state index in [0.29, 0.717) is 46.2 Å². The van der Waals surface area contributed by atoms with Crippen LogP contribution in [-0.4, -0.2) is 101 Å². The molecule has 0 spiro atoms. The third kappa shape index (κ3) is 26.5. The van der Waals surface area contributed by atoms with Crippen molar-refractivity contribution in [3.63, 3.8) is 0 Å². The maximum Gasteiger partial charge on any atom is 0.246 e. The van der Waals surface area contributed by atoms with Crippen molar-refractivity contribution in [2.75, 3.05) is 73.2 Å². The minimum atomic E-state index is -0.939. The summed E-state index contributed by atoms with van der Waals surface area (Å²) in [6.45, 7) is 5.35. The fourth-order valence-electron chi connectivity index (χ4n) is 3.75. The van der Waals surface area contributed by atoms with Crippen LogP contribution in [0.3, 0.4) is 0 Å². The number of hydrogen-bond donors (Lipinski definition) is 3. The van der Waals surface area contributed by atoms with E-state index < -0.39 is 18.1 Å². The molecule has 0 unspecified atom stereocenters. The summed E-state index contributed by atoms with van der Waals surface area (Å²) in [5, 5.41) is 22.4. The van der Waals surface area contributed by atoms with Crippen molar-refractivity contribution in [1.82, 2.24) is 5.32 Å². The van der Waals surface area contributed by atoms with Gasteiger partial charge in [-0.1, -0.05) is 83.3 Å². The van der Waals surface area contributed by atoms with Gasteiger partial charge in [0, 0.05) is 7.11 Å². The summed E-state index contributed by atoms with van der Waals surface area (Å²) in [4.78, 5) is 12.0. The van der Waals surface area contributed by atoms with Crippen LogP contribution in [0.1, 0.15) is 84.0 Å². The zero-order valence-corrected chi connectivity index (χ0v) is 24.2. The van der Waals surface area contributed by atoms with Gasteiger partial charge in [0.2, 0.25) is 5.91 Å². The van der Waals surface area contributed by atoms with E-state index >= 15 is 0 Å². The summed E-state index contributed by atoms with van der Waals surface area (Å²) in [5.74, 6) is -0.390. The van der Waals surface area contributed by atoms with Crippen LogP contribution < -0.4 is 5.32 Å². The average molecular weight is 548 g/mol. The van der Waals surface area contributed by atoms with Gasteiger partial charge in [-0.15, -0.1) is 0 Å². The van der Waals surface area contributed by atoms with Crippen molar-refractivity contribution >= 4 is 5.91 Å². The van der Waals surface area contributed by atoms with Crippen LogP contribution in [0.5, 0.6) is 0 Å². The largest absolute Gasteiger partial charge is 0.394 e. The summed E-state index contributed by atoms with van der Waals surface area (Å²) < 4.78 is 26.2. The van der Waals surface area contributed by atoms with Crippen LogP contribution in [0.4, 0.5) is 0 Å². The maximum atomic E-state index is 12.0. The molecule has 0 aromatic heterocycles. The minimum Gasteiger partial charge on any atom is -0.394 e. The van der Waals surface area contributed by atoms with Gasteiger partial charge in [0.05, 0.1) is 71.6 Å². The molecular formula is C29H57NO8. The quantitative estimate of drug-likeness (QED) is 0.0919. The van der Waals surface area contributed by atoms with Crippen molar-refractivity contribution < 1.29 is 38.7 Å². The van der Waals surface area contributed by atoms with Crippen molar-refractivity contribution in [2.24, 2.45) is 0 Å². The van der Waals surface area contributed by atoms with E-state index in [0.717, 1.165) is 12.8 Å². The zero-order chi connectivity index (χ0) is 27.9. The fraction of sp³-hybridized carbons (Fsp3) is 0.897. The van der Waals surface area contributed by atoms with Gasteiger partial charge in [0.25, 0.3) is 0 Å². The second kappa shape index (κ2) is 30.5. The maximum absolute atomic E-state index is 12.0. The SMILES string of the molecule is CCCCCCCCCCCCC/C=C/[C@@H](O)[C@H](CO)NC(=O)COCCOCCOCCOCCOC. The Balaban J connectivity index is 3.63. The lowest BCUT2D eigenvalue weighted by molar-refractivity contribution is -0.128. The third-order valence-corrected chi connectivity index (χ3v) is 6.04. The topological polar surface area (TPSA) is 116 Å². The molecule has 0 fully saturated rings. The monoisotopic (exact) mass is 547 g/mol. The first-order valence-corrected chi connectivity index (χ1v) is 14.7. The predicted octanol–water partition coefficient (Wildman–Crippen LogP) is 3.79.